The summed E-state index contributed by atoms with van der Waals surface area (Å²) in [6.45, 7) is 6.60. The molecule has 0 saturated carbocycles. The summed E-state index contributed by atoms with van der Waals surface area (Å²) in [6, 6.07) is 4.34. The van der Waals surface area contributed by atoms with Crippen molar-refractivity contribution < 1.29 is 18.0 Å². The molecule has 0 bridgehead atoms. The second-order valence-electron chi connectivity index (χ2n) is 10.1. The molecule has 3 aromatic rings. The number of fused-ring (bicyclic) bond motifs is 3. The molecule has 2 aliphatic rings. The maximum Gasteiger partial charge on any atom is 0.416 e. The highest BCUT2D eigenvalue weighted by Crippen LogP contribution is 2.41. The lowest BCUT2D eigenvalue weighted by atomic mass is 9.89. The van der Waals surface area contributed by atoms with Crippen LogP contribution in [0.3, 0.4) is 0 Å². The maximum atomic E-state index is 13.0. The lowest BCUT2D eigenvalue weighted by Crippen LogP contribution is -2.50. The molecule has 1 fully saturated rings. The Morgan fingerprint density at radius 3 is 2.70 bits per heavy atom. The van der Waals surface area contributed by atoms with Gasteiger partial charge in [-0.15, -0.1) is 11.3 Å². The van der Waals surface area contributed by atoms with Crippen molar-refractivity contribution >= 4 is 39.1 Å². The van der Waals surface area contributed by atoms with E-state index in [-0.39, 0.29) is 5.69 Å². The highest BCUT2D eigenvalue weighted by atomic mass is 32.1. The molecule has 2 amide bonds. The Labute approximate surface area is 218 Å². The standard InChI is InChI=1S/C27H32F3N5OS/c1-3-4-8-22-32-24(23-20-10-9-17(2)15-21(20)37-25(23)33-22)34-11-13-35(14-12-34)26(36)31-19-7-5-6-18(16-19)27(28,29)30/h5-7,16-17H,3-4,8-15H2,1-2H3,(H,31,36). The number of benzene rings is 1. The number of rotatable bonds is 5. The van der Waals surface area contributed by atoms with Crippen LogP contribution in [0.2, 0.25) is 0 Å². The van der Waals surface area contributed by atoms with Crippen molar-refractivity contribution in [3.05, 3.63) is 46.1 Å². The van der Waals surface area contributed by atoms with Crippen LogP contribution in [0.5, 0.6) is 0 Å². The first-order valence-corrected chi connectivity index (χ1v) is 13.8. The zero-order chi connectivity index (χ0) is 26.2. The van der Waals surface area contributed by atoms with Crippen molar-refractivity contribution in [3.8, 4) is 0 Å². The number of alkyl halides is 3. The van der Waals surface area contributed by atoms with Crippen molar-refractivity contribution in [1.82, 2.24) is 14.9 Å². The number of hydrogen-bond donors (Lipinski definition) is 1. The number of aryl methyl sites for hydroxylation is 2. The molecule has 1 saturated heterocycles. The predicted octanol–water partition coefficient (Wildman–Crippen LogP) is 6.53. The van der Waals surface area contributed by atoms with Crippen molar-refractivity contribution in [3.63, 3.8) is 0 Å². The first-order chi connectivity index (χ1) is 17.7. The number of hydrogen-bond acceptors (Lipinski definition) is 5. The van der Waals surface area contributed by atoms with E-state index in [1.807, 2.05) is 0 Å². The van der Waals surface area contributed by atoms with Crippen LogP contribution in [0.4, 0.5) is 29.5 Å². The number of nitrogens with zero attached hydrogens (tertiary/aromatic N) is 4. The summed E-state index contributed by atoms with van der Waals surface area (Å²) >= 11 is 1.81. The summed E-state index contributed by atoms with van der Waals surface area (Å²) in [5.74, 6) is 2.53. The first kappa shape index (κ1) is 25.8. The molecule has 1 unspecified atom stereocenters. The van der Waals surface area contributed by atoms with E-state index in [0.717, 1.165) is 60.7 Å². The van der Waals surface area contributed by atoms with Gasteiger partial charge in [-0.2, -0.15) is 13.2 Å². The average molecular weight is 532 g/mol. The zero-order valence-electron chi connectivity index (χ0n) is 21.2. The topological polar surface area (TPSA) is 61.4 Å². The second-order valence-corrected chi connectivity index (χ2v) is 11.2. The third-order valence-corrected chi connectivity index (χ3v) is 8.39. The quantitative estimate of drug-likeness (QED) is 0.407. The van der Waals surface area contributed by atoms with Crippen LogP contribution in [0.25, 0.3) is 10.2 Å². The highest BCUT2D eigenvalue weighted by Gasteiger charge is 2.31. The SMILES string of the molecule is CCCCc1nc(N2CCN(C(=O)Nc3cccc(C(F)(F)F)c3)CC2)c2c3c(sc2n1)CC(C)CC3. The Balaban J connectivity index is 1.33. The summed E-state index contributed by atoms with van der Waals surface area (Å²) < 4.78 is 39.1. The number of thiophene rings is 1. The number of amides is 2. The van der Waals surface area contributed by atoms with Crippen LogP contribution in [0.15, 0.2) is 24.3 Å². The maximum absolute atomic E-state index is 13.0. The van der Waals surface area contributed by atoms with Gasteiger partial charge >= 0.3 is 12.2 Å². The fraction of sp³-hybridized carbons (Fsp3) is 0.519. The largest absolute Gasteiger partial charge is 0.416 e. The van der Waals surface area contributed by atoms with Gasteiger partial charge in [-0.3, -0.25) is 0 Å². The normalized spacial score (nSPS) is 18.2. The van der Waals surface area contributed by atoms with Gasteiger partial charge in [0.05, 0.1) is 10.9 Å². The van der Waals surface area contributed by atoms with Crippen LogP contribution >= 0.6 is 11.3 Å². The van der Waals surface area contributed by atoms with E-state index in [9.17, 15) is 18.0 Å². The Morgan fingerprint density at radius 1 is 1.19 bits per heavy atom. The minimum atomic E-state index is -4.45. The molecule has 2 aromatic heterocycles. The number of carbonyl (C=O) groups is 1. The molecule has 3 heterocycles. The molecule has 0 spiro atoms. The number of aromatic nitrogens is 2. The fourth-order valence-electron chi connectivity index (χ4n) is 5.14. The van der Waals surface area contributed by atoms with Crippen LogP contribution in [0, 0.1) is 5.92 Å². The molecular formula is C27H32F3N5OS. The molecule has 5 rings (SSSR count). The Morgan fingerprint density at radius 2 is 1.97 bits per heavy atom. The van der Waals surface area contributed by atoms with Crippen LogP contribution < -0.4 is 10.2 Å². The number of anilines is 2. The van der Waals surface area contributed by atoms with Crippen LogP contribution in [-0.4, -0.2) is 47.1 Å². The van der Waals surface area contributed by atoms with Gasteiger partial charge in [0.15, 0.2) is 0 Å². The monoisotopic (exact) mass is 531 g/mol. The second kappa shape index (κ2) is 10.5. The first-order valence-electron chi connectivity index (χ1n) is 13.0. The number of urea groups is 1. The number of unbranched alkanes of at least 4 members (excludes halogenated alkanes) is 1. The van der Waals surface area contributed by atoms with Crippen LogP contribution in [0.1, 0.15) is 54.9 Å². The molecular weight excluding hydrogens is 499 g/mol. The summed E-state index contributed by atoms with van der Waals surface area (Å²) in [5, 5.41) is 3.80. The molecule has 1 aliphatic heterocycles. The number of carbonyl (C=O) groups excluding carboxylic acids is 1. The van der Waals surface area contributed by atoms with Gasteiger partial charge < -0.3 is 15.1 Å². The lowest BCUT2D eigenvalue weighted by Gasteiger charge is -2.36. The average Bonchev–Trinajstić information content (AvgIpc) is 3.24. The van der Waals surface area contributed by atoms with Crippen molar-refractivity contribution in [1.29, 1.82) is 0 Å². The van der Waals surface area contributed by atoms with Gasteiger partial charge in [-0.1, -0.05) is 26.3 Å². The molecule has 10 heteroatoms. The summed E-state index contributed by atoms with van der Waals surface area (Å²) in [7, 11) is 0. The fourth-order valence-corrected chi connectivity index (χ4v) is 6.53. The van der Waals surface area contributed by atoms with Gasteiger partial charge in [0.25, 0.3) is 0 Å². The Kier molecular flexibility index (Phi) is 7.29. The van der Waals surface area contributed by atoms with E-state index in [1.54, 1.807) is 16.2 Å². The molecule has 198 valence electrons. The molecule has 6 nitrogen and oxygen atoms in total. The van der Waals surface area contributed by atoms with E-state index in [0.29, 0.717) is 32.1 Å². The van der Waals surface area contributed by atoms with Gasteiger partial charge in [0.1, 0.15) is 16.5 Å². The zero-order valence-corrected chi connectivity index (χ0v) is 22.0. The van der Waals surface area contributed by atoms with Crippen LogP contribution in [-0.2, 0) is 25.4 Å². The minimum Gasteiger partial charge on any atom is -0.352 e. The number of nitrogens with one attached hydrogen (secondary N) is 1. The molecule has 1 N–H and O–H groups in total. The van der Waals surface area contributed by atoms with Gasteiger partial charge in [0.2, 0.25) is 0 Å². The summed E-state index contributed by atoms with van der Waals surface area (Å²) in [5.41, 5.74) is 0.745. The molecule has 1 atom stereocenters. The van der Waals surface area contributed by atoms with E-state index in [4.69, 9.17) is 9.97 Å². The minimum absolute atomic E-state index is 0.138. The van der Waals surface area contributed by atoms with Crippen molar-refractivity contribution in [2.24, 2.45) is 5.92 Å². The number of piperazine rings is 1. The molecule has 0 radical (unpaired) electrons. The Hall–Kier alpha value is -2.88. The summed E-state index contributed by atoms with van der Waals surface area (Å²) in [4.78, 5) is 29.2. The van der Waals surface area contributed by atoms with E-state index >= 15 is 0 Å². The van der Waals surface area contributed by atoms with Gasteiger partial charge in [-0.25, -0.2) is 14.8 Å². The molecule has 37 heavy (non-hydrogen) atoms. The van der Waals surface area contributed by atoms with E-state index in [2.05, 4.69) is 24.1 Å². The third kappa shape index (κ3) is 5.54. The van der Waals surface area contributed by atoms with Gasteiger partial charge in [0, 0.05) is 43.2 Å². The lowest BCUT2D eigenvalue weighted by molar-refractivity contribution is -0.137. The number of halogens is 3. The molecule has 1 aliphatic carbocycles. The van der Waals surface area contributed by atoms with Crippen molar-refractivity contribution in [2.75, 3.05) is 36.4 Å². The highest BCUT2D eigenvalue weighted by molar-refractivity contribution is 7.19. The van der Waals surface area contributed by atoms with Gasteiger partial charge in [-0.05, 0) is 55.4 Å². The predicted molar refractivity (Wildman–Crippen MR) is 141 cm³/mol. The van der Waals surface area contributed by atoms with E-state index < -0.39 is 17.8 Å². The van der Waals surface area contributed by atoms with Crippen molar-refractivity contribution in [2.45, 2.75) is 58.5 Å². The summed E-state index contributed by atoms with van der Waals surface area (Å²) in [6.07, 6.45) is 1.80. The third-order valence-electron chi connectivity index (χ3n) is 7.24. The molecule has 1 aromatic carbocycles. The van der Waals surface area contributed by atoms with E-state index in [1.165, 1.54) is 34.4 Å². The smallest absolute Gasteiger partial charge is 0.352 e. The Bertz CT molecular complexity index is 1280.